The Kier molecular flexibility index (Phi) is 3.73. The molecule has 1 heterocycles. The third kappa shape index (κ3) is 3.18. The summed E-state index contributed by atoms with van der Waals surface area (Å²) in [5, 5.41) is 9.76. The van der Waals surface area contributed by atoms with E-state index in [1.807, 2.05) is 25.7 Å². The highest BCUT2D eigenvalue weighted by Crippen LogP contribution is 2.22. The topological polar surface area (TPSA) is 66.6 Å². The van der Waals surface area contributed by atoms with Gasteiger partial charge in [0, 0.05) is 19.1 Å². The van der Waals surface area contributed by atoms with Crippen molar-refractivity contribution in [2.24, 2.45) is 11.7 Å². The first kappa shape index (κ1) is 12.5. The van der Waals surface area contributed by atoms with Crippen LogP contribution in [0.1, 0.15) is 33.6 Å². The number of nitrogens with zero attached hydrogens (tertiary/aromatic N) is 1. The molecule has 1 amide bonds. The number of piperidine rings is 1. The van der Waals surface area contributed by atoms with Crippen LogP contribution in [0.4, 0.5) is 0 Å². The van der Waals surface area contributed by atoms with E-state index in [9.17, 15) is 9.90 Å². The lowest BCUT2D eigenvalue weighted by Crippen LogP contribution is -2.49. The number of hydrogen-bond donors (Lipinski definition) is 2. The standard InChI is InChI=1S/C11H22N2O2/c1-8(9(2)12)10(14)13-6-4-11(3,15)5-7-13/h8-9,15H,4-7,12H2,1-3H3. The first-order chi connectivity index (χ1) is 6.83. The van der Waals surface area contributed by atoms with Gasteiger partial charge < -0.3 is 15.7 Å². The van der Waals surface area contributed by atoms with Crippen LogP contribution in [0.5, 0.6) is 0 Å². The minimum atomic E-state index is -0.603. The van der Waals surface area contributed by atoms with Crippen molar-refractivity contribution < 1.29 is 9.90 Å². The Hall–Kier alpha value is -0.610. The van der Waals surface area contributed by atoms with Crippen molar-refractivity contribution in [1.82, 2.24) is 4.90 Å². The Morgan fingerprint density at radius 3 is 2.27 bits per heavy atom. The van der Waals surface area contributed by atoms with Gasteiger partial charge in [-0.05, 0) is 26.7 Å². The minimum absolute atomic E-state index is 0.111. The molecule has 0 radical (unpaired) electrons. The van der Waals surface area contributed by atoms with Gasteiger partial charge >= 0.3 is 0 Å². The van der Waals surface area contributed by atoms with Crippen molar-refractivity contribution >= 4 is 5.91 Å². The number of hydrogen-bond acceptors (Lipinski definition) is 3. The SMILES string of the molecule is CC(N)C(C)C(=O)N1CCC(C)(O)CC1. The lowest BCUT2D eigenvalue weighted by Gasteiger charge is -2.37. The molecule has 4 nitrogen and oxygen atoms in total. The number of nitrogens with two attached hydrogens (primary N) is 1. The number of rotatable bonds is 2. The zero-order valence-electron chi connectivity index (χ0n) is 9.86. The molecule has 1 aliphatic rings. The third-order valence-corrected chi connectivity index (χ3v) is 3.33. The van der Waals surface area contributed by atoms with E-state index in [1.54, 1.807) is 0 Å². The zero-order valence-corrected chi connectivity index (χ0v) is 9.86. The summed E-state index contributed by atoms with van der Waals surface area (Å²) >= 11 is 0. The molecule has 0 aliphatic carbocycles. The van der Waals surface area contributed by atoms with Crippen molar-refractivity contribution in [1.29, 1.82) is 0 Å². The molecule has 0 aromatic carbocycles. The van der Waals surface area contributed by atoms with E-state index in [0.717, 1.165) is 0 Å². The lowest BCUT2D eigenvalue weighted by atomic mass is 9.92. The van der Waals surface area contributed by atoms with E-state index in [-0.39, 0.29) is 17.9 Å². The Balaban J connectivity index is 2.50. The van der Waals surface area contributed by atoms with Gasteiger partial charge in [-0.3, -0.25) is 4.79 Å². The average Bonchev–Trinajstić information content (AvgIpc) is 2.15. The van der Waals surface area contributed by atoms with Crippen molar-refractivity contribution in [3.05, 3.63) is 0 Å². The van der Waals surface area contributed by atoms with E-state index < -0.39 is 5.60 Å². The van der Waals surface area contributed by atoms with Crippen LogP contribution in [0.2, 0.25) is 0 Å². The predicted octanol–water partition coefficient (Wildman–Crippen LogP) is 0.343. The van der Waals surface area contributed by atoms with Crippen LogP contribution in [0.15, 0.2) is 0 Å². The highest BCUT2D eigenvalue weighted by atomic mass is 16.3. The molecule has 0 aromatic heterocycles. The molecule has 1 aliphatic heterocycles. The van der Waals surface area contributed by atoms with Gasteiger partial charge in [0.05, 0.1) is 11.5 Å². The second-order valence-corrected chi connectivity index (χ2v) is 4.97. The van der Waals surface area contributed by atoms with Gasteiger partial charge in [-0.15, -0.1) is 0 Å². The molecule has 3 N–H and O–H groups in total. The summed E-state index contributed by atoms with van der Waals surface area (Å²) in [7, 11) is 0. The molecular weight excluding hydrogens is 192 g/mol. The van der Waals surface area contributed by atoms with Gasteiger partial charge in [0.1, 0.15) is 0 Å². The molecule has 0 saturated carbocycles. The van der Waals surface area contributed by atoms with E-state index in [2.05, 4.69) is 0 Å². The number of carbonyl (C=O) groups excluding carboxylic acids is 1. The zero-order chi connectivity index (χ0) is 11.6. The van der Waals surface area contributed by atoms with Crippen LogP contribution < -0.4 is 5.73 Å². The highest BCUT2D eigenvalue weighted by molar-refractivity contribution is 5.79. The monoisotopic (exact) mass is 214 g/mol. The highest BCUT2D eigenvalue weighted by Gasteiger charge is 2.31. The summed E-state index contributed by atoms with van der Waals surface area (Å²) in [5.41, 5.74) is 5.10. The molecule has 88 valence electrons. The van der Waals surface area contributed by atoms with Crippen LogP contribution in [0.25, 0.3) is 0 Å². The second-order valence-electron chi connectivity index (χ2n) is 4.97. The summed E-state index contributed by atoms with van der Waals surface area (Å²) in [4.78, 5) is 13.7. The molecule has 2 atom stereocenters. The summed E-state index contributed by atoms with van der Waals surface area (Å²) < 4.78 is 0. The lowest BCUT2D eigenvalue weighted by molar-refractivity contribution is -0.139. The molecule has 1 saturated heterocycles. The second kappa shape index (κ2) is 4.49. The first-order valence-electron chi connectivity index (χ1n) is 5.60. The van der Waals surface area contributed by atoms with Crippen molar-refractivity contribution in [3.63, 3.8) is 0 Å². The molecular formula is C11H22N2O2. The predicted molar refractivity (Wildman–Crippen MR) is 59.3 cm³/mol. The maximum Gasteiger partial charge on any atom is 0.226 e. The normalized spacial score (nSPS) is 24.7. The van der Waals surface area contributed by atoms with Crippen molar-refractivity contribution in [2.45, 2.75) is 45.3 Å². The maximum atomic E-state index is 11.9. The van der Waals surface area contributed by atoms with Gasteiger partial charge in [0.15, 0.2) is 0 Å². The van der Waals surface area contributed by atoms with E-state index in [4.69, 9.17) is 5.73 Å². The van der Waals surface area contributed by atoms with E-state index >= 15 is 0 Å². The van der Waals surface area contributed by atoms with Crippen LogP contribution in [-0.4, -0.2) is 40.6 Å². The van der Waals surface area contributed by atoms with Crippen LogP contribution in [0, 0.1) is 5.92 Å². The molecule has 2 unspecified atom stereocenters. The minimum Gasteiger partial charge on any atom is -0.390 e. The van der Waals surface area contributed by atoms with E-state index in [1.165, 1.54) is 0 Å². The molecule has 1 fully saturated rings. The van der Waals surface area contributed by atoms with Gasteiger partial charge in [-0.2, -0.15) is 0 Å². The Labute approximate surface area is 91.4 Å². The fourth-order valence-corrected chi connectivity index (χ4v) is 1.72. The van der Waals surface area contributed by atoms with Crippen molar-refractivity contribution in [3.8, 4) is 0 Å². The molecule has 0 bridgehead atoms. The van der Waals surface area contributed by atoms with Gasteiger partial charge in [-0.1, -0.05) is 6.92 Å². The number of likely N-dealkylation sites (tertiary alicyclic amines) is 1. The number of carbonyl (C=O) groups is 1. The average molecular weight is 214 g/mol. The third-order valence-electron chi connectivity index (χ3n) is 3.33. The Bertz CT molecular complexity index is 229. The maximum absolute atomic E-state index is 11.9. The summed E-state index contributed by atoms with van der Waals surface area (Å²) in [6.45, 7) is 6.82. The molecule has 0 aromatic rings. The fraction of sp³-hybridized carbons (Fsp3) is 0.909. The Morgan fingerprint density at radius 1 is 1.40 bits per heavy atom. The van der Waals surface area contributed by atoms with Crippen molar-refractivity contribution in [2.75, 3.05) is 13.1 Å². The Morgan fingerprint density at radius 2 is 1.87 bits per heavy atom. The molecule has 4 heteroatoms. The summed E-state index contributed by atoms with van der Waals surface area (Å²) in [6, 6.07) is -0.111. The quantitative estimate of drug-likeness (QED) is 0.696. The number of aliphatic hydroxyl groups is 1. The summed E-state index contributed by atoms with van der Waals surface area (Å²) in [5.74, 6) is -0.0199. The van der Waals surface area contributed by atoms with Gasteiger partial charge in [0.2, 0.25) is 5.91 Å². The molecule has 1 rings (SSSR count). The molecule has 0 spiro atoms. The summed E-state index contributed by atoms with van der Waals surface area (Å²) in [6.07, 6.45) is 1.31. The number of amides is 1. The molecule has 15 heavy (non-hydrogen) atoms. The first-order valence-corrected chi connectivity index (χ1v) is 5.60. The van der Waals surface area contributed by atoms with Crippen LogP contribution in [-0.2, 0) is 4.79 Å². The van der Waals surface area contributed by atoms with Crippen LogP contribution >= 0.6 is 0 Å². The van der Waals surface area contributed by atoms with Gasteiger partial charge in [0.25, 0.3) is 0 Å². The smallest absolute Gasteiger partial charge is 0.226 e. The fourth-order valence-electron chi connectivity index (χ4n) is 1.72. The largest absolute Gasteiger partial charge is 0.390 e. The van der Waals surface area contributed by atoms with Gasteiger partial charge in [-0.25, -0.2) is 0 Å². The van der Waals surface area contributed by atoms with E-state index in [0.29, 0.717) is 25.9 Å². The van der Waals surface area contributed by atoms with Crippen LogP contribution in [0.3, 0.4) is 0 Å².